The van der Waals surface area contributed by atoms with Crippen molar-refractivity contribution < 1.29 is 4.42 Å². The molecule has 0 N–H and O–H groups in total. The standard InChI is InChI=1S/C7H8NO/c1-2-3-4-7-8-5-6-9-7/h3-6H,1-2H2. The molecule has 1 radical (unpaired) electrons. The number of rotatable bonds is 2. The van der Waals surface area contributed by atoms with E-state index in [0.29, 0.717) is 5.89 Å². The third-order valence-electron chi connectivity index (χ3n) is 0.879. The topological polar surface area (TPSA) is 26.0 Å². The molecule has 0 aliphatic carbocycles. The van der Waals surface area contributed by atoms with Crippen LogP contribution in [0.3, 0.4) is 0 Å². The zero-order valence-electron chi connectivity index (χ0n) is 5.08. The summed E-state index contributed by atoms with van der Waals surface area (Å²) < 4.78 is 4.91. The molecule has 1 aromatic rings. The van der Waals surface area contributed by atoms with Crippen LogP contribution in [-0.4, -0.2) is 4.98 Å². The van der Waals surface area contributed by atoms with Crippen molar-refractivity contribution in [2.45, 2.75) is 6.42 Å². The summed E-state index contributed by atoms with van der Waals surface area (Å²) in [5.41, 5.74) is 0. The van der Waals surface area contributed by atoms with E-state index < -0.39 is 0 Å². The Morgan fingerprint density at radius 1 is 1.78 bits per heavy atom. The van der Waals surface area contributed by atoms with E-state index in [1.165, 1.54) is 0 Å². The fraction of sp³-hybridized carbons (Fsp3) is 0.143. The van der Waals surface area contributed by atoms with Crippen molar-refractivity contribution in [1.29, 1.82) is 0 Å². The van der Waals surface area contributed by atoms with Gasteiger partial charge in [0.1, 0.15) is 6.26 Å². The minimum atomic E-state index is 0.638. The first kappa shape index (κ1) is 6.08. The summed E-state index contributed by atoms with van der Waals surface area (Å²) in [5, 5.41) is 0. The predicted molar refractivity (Wildman–Crippen MR) is 35.5 cm³/mol. The Morgan fingerprint density at radius 3 is 3.22 bits per heavy atom. The van der Waals surface area contributed by atoms with E-state index >= 15 is 0 Å². The molecule has 0 atom stereocenters. The second-order valence-electron chi connectivity index (χ2n) is 1.56. The Hall–Kier alpha value is -1.05. The summed E-state index contributed by atoms with van der Waals surface area (Å²) in [5.74, 6) is 0.638. The van der Waals surface area contributed by atoms with Crippen LogP contribution in [0.25, 0.3) is 6.08 Å². The van der Waals surface area contributed by atoms with Crippen LogP contribution in [0, 0.1) is 6.92 Å². The van der Waals surface area contributed by atoms with Gasteiger partial charge in [-0.15, -0.1) is 0 Å². The lowest BCUT2D eigenvalue weighted by Crippen LogP contribution is -1.65. The minimum absolute atomic E-state index is 0.638. The molecule has 0 saturated carbocycles. The summed E-state index contributed by atoms with van der Waals surface area (Å²) in [6.45, 7) is 3.63. The molecular formula is C7H8NO. The van der Waals surface area contributed by atoms with Crippen LogP contribution in [0.5, 0.6) is 0 Å². The SMILES string of the molecule is [CH2]CC=Cc1ncco1. The molecule has 0 saturated heterocycles. The number of nitrogens with zero attached hydrogens (tertiary/aromatic N) is 1. The number of aromatic nitrogens is 1. The minimum Gasteiger partial charge on any atom is -0.445 e. The van der Waals surface area contributed by atoms with Gasteiger partial charge in [-0.25, -0.2) is 4.98 Å². The monoisotopic (exact) mass is 122 g/mol. The molecule has 47 valence electrons. The van der Waals surface area contributed by atoms with E-state index in [1.807, 2.05) is 6.08 Å². The molecule has 2 nitrogen and oxygen atoms in total. The molecule has 0 spiro atoms. The van der Waals surface area contributed by atoms with Gasteiger partial charge in [0.2, 0.25) is 5.89 Å². The van der Waals surface area contributed by atoms with Crippen LogP contribution < -0.4 is 0 Å². The van der Waals surface area contributed by atoms with Gasteiger partial charge in [0.25, 0.3) is 0 Å². The van der Waals surface area contributed by atoms with Crippen molar-refractivity contribution in [3.63, 3.8) is 0 Å². The van der Waals surface area contributed by atoms with Gasteiger partial charge < -0.3 is 4.42 Å². The maximum absolute atomic E-state index is 4.91. The quantitative estimate of drug-likeness (QED) is 0.598. The Labute approximate surface area is 54.2 Å². The molecule has 0 amide bonds. The molecule has 0 unspecified atom stereocenters. The highest BCUT2D eigenvalue weighted by atomic mass is 16.3. The molecule has 1 aromatic heterocycles. The van der Waals surface area contributed by atoms with E-state index in [4.69, 9.17) is 4.42 Å². The molecule has 2 heteroatoms. The van der Waals surface area contributed by atoms with Crippen LogP contribution in [-0.2, 0) is 0 Å². The highest BCUT2D eigenvalue weighted by Gasteiger charge is 1.84. The summed E-state index contributed by atoms with van der Waals surface area (Å²) in [4.78, 5) is 3.87. The lowest BCUT2D eigenvalue weighted by molar-refractivity contribution is 0.546. The van der Waals surface area contributed by atoms with E-state index in [1.54, 1.807) is 18.5 Å². The Balaban J connectivity index is 2.57. The first-order valence-corrected chi connectivity index (χ1v) is 2.79. The summed E-state index contributed by atoms with van der Waals surface area (Å²) in [6, 6.07) is 0. The van der Waals surface area contributed by atoms with E-state index in [0.717, 1.165) is 6.42 Å². The summed E-state index contributed by atoms with van der Waals surface area (Å²) in [6.07, 6.45) is 7.62. The van der Waals surface area contributed by atoms with Gasteiger partial charge >= 0.3 is 0 Å². The molecule has 0 bridgehead atoms. The van der Waals surface area contributed by atoms with Crippen molar-refractivity contribution in [3.8, 4) is 0 Å². The van der Waals surface area contributed by atoms with Crippen LogP contribution in [0.2, 0.25) is 0 Å². The fourth-order valence-electron chi connectivity index (χ4n) is 0.501. The van der Waals surface area contributed by atoms with E-state index in [-0.39, 0.29) is 0 Å². The third kappa shape index (κ3) is 1.72. The Morgan fingerprint density at radius 2 is 2.67 bits per heavy atom. The van der Waals surface area contributed by atoms with Gasteiger partial charge in [-0.3, -0.25) is 0 Å². The third-order valence-corrected chi connectivity index (χ3v) is 0.879. The lowest BCUT2D eigenvalue weighted by atomic mass is 10.4. The fourth-order valence-corrected chi connectivity index (χ4v) is 0.501. The summed E-state index contributed by atoms with van der Waals surface area (Å²) in [7, 11) is 0. The van der Waals surface area contributed by atoms with Gasteiger partial charge in [0.05, 0.1) is 6.20 Å². The first-order chi connectivity index (χ1) is 4.43. The summed E-state index contributed by atoms with van der Waals surface area (Å²) >= 11 is 0. The Kier molecular flexibility index (Phi) is 2.07. The van der Waals surface area contributed by atoms with Gasteiger partial charge in [0.15, 0.2) is 0 Å². The average Bonchev–Trinajstić information content (AvgIpc) is 2.34. The Bertz CT molecular complexity index is 177. The highest BCUT2D eigenvalue weighted by Crippen LogP contribution is 1.97. The molecule has 0 fully saturated rings. The van der Waals surface area contributed by atoms with Crippen molar-refractivity contribution >= 4 is 6.08 Å². The second-order valence-corrected chi connectivity index (χ2v) is 1.56. The molecular weight excluding hydrogens is 114 g/mol. The smallest absolute Gasteiger partial charge is 0.218 e. The largest absolute Gasteiger partial charge is 0.445 e. The number of hydrogen-bond donors (Lipinski definition) is 0. The highest BCUT2D eigenvalue weighted by molar-refractivity contribution is 5.36. The number of oxazole rings is 1. The van der Waals surface area contributed by atoms with Crippen molar-refractivity contribution in [1.82, 2.24) is 4.98 Å². The van der Waals surface area contributed by atoms with E-state index in [9.17, 15) is 0 Å². The van der Waals surface area contributed by atoms with Gasteiger partial charge in [0, 0.05) is 0 Å². The van der Waals surface area contributed by atoms with Crippen LogP contribution in [0.15, 0.2) is 23.0 Å². The zero-order valence-corrected chi connectivity index (χ0v) is 5.08. The average molecular weight is 122 g/mol. The van der Waals surface area contributed by atoms with Gasteiger partial charge in [-0.1, -0.05) is 6.08 Å². The van der Waals surface area contributed by atoms with Gasteiger partial charge in [-0.2, -0.15) is 0 Å². The maximum atomic E-state index is 4.91. The van der Waals surface area contributed by atoms with Crippen LogP contribution in [0.1, 0.15) is 12.3 Å². The molecule has 0 aliphatic rings. The van der Waals surface area contributed by atoms with Gasteiger partial charge in [-0.05, 0) is 19.4 Å². The second kappa shape index (κ2) is 3.07. The van der Waals surface area contributed by atoms with Crippen molar-refractivity contribution in [2.24, 2.45) is 0 Å². The van der Waals surface area contributed by atoms with E-state index in [2.05, 4.69) is 11.9 Å². The maximum Gasteiger partial charge on any atom is 0.218 e. The number of allylic oxidation sites excluding steroid dienone is 1. The van der Waals surface area contributed by atoms with Crippen molar-refractivity contribution in [3.05, 3.63) is 31.4 Å². The molecule has 9 heavy (non-hydrogen) atoms. The predicted octanol–water partition coefficient (Wildman–Crippen LogP) is 1.91. The van der Waals surface area contributed by atoms with Crippen LogP contribution in [0.4, 0.5) is 0 Å². The molecule has 1 rings (SSSR count). The zero-order chi connectivity index (χ0) is 6.53. The van der Waals surface area contributed by atoms with Crippen LogP contribution >= 0.6 is 0 Å². The first-order valence-electron chi connectivity index (χ1n) is 2.79. The molecule has 0 aromatic carbocycles. The number of hydrogen-bond acceptors (Lipinski definition) is 2. The molecule has 0 aliphatic heterocycles. The molecule has 1 heterocycles. The normalized spacial score (nSPS) is 10.8. The lowest BCUT2D eigenvalue weighted by Gasteiger charge is -1.77. The van der Waals surface area contributed by atoms with Crippen molar-refractivity contribution in [2.75, 3.05) is 0 Å².